The number of hydrogen-bond acceptors (Lipinski definition) is 4. The fourth-order valence-corrected chi connectivity index (χ4v) is 3.83. The Morgan fingerprint density at radius 3 is 2.29 bits per heavy atom. The van der Waals surface area contributed by atoms with Crippen LogP contribution in [0.15, 0.2) is 66.2 Å². The van der Waals surface area contributed by atoms with Gasteiger partial charge in [-0.15, -0.1) is 0 Å². The molecule has 5 heteroatoms. The standard InChI is InChI=1S/C29H43N3O2/c1-6-31(29(33)28(30)21-24(4)5)18-10-19-32(20-17-23(2)3)26-13-15-27(16-14-26)34-22-25-11-8-7-9-12-25/h7-9,11-17,24,28H,6,10,18-22,30H2,1-5H3. The summed E-state index contributed by atoms with van der Waals surface area (Å²) in [4.78, 5) is 17.0. The van der Waals surface area contributed by atoms with Crippen LogP contribution in [-0.2, 0) is 11.4 Å². The molecule has 0 aliphatic rings. The molecule has 0 fully saturated rings. The predicted molar refractivity (Wildman–Crippen MR) is 143 cm³/mol. The summed E-state index contributed by atoms with van der Waals surface area (Å²) < 4.78 is 5.94. The molecule has 34 heavy (non-hydrogen) atoms. The van der Waals surface area contributed by atoms with E-state index >= 15 is 0 Å². The van der Waals surface area contributed by atoms with Crippen molar-refractivity contribution in [3.05, 3.63) is 71.8 Å². The summed E-state index contributed by atoms with van der Waals surface area (Å²) in [5.41, 5.74) is 9.74. The fourth-order valence-electron chi connectivity index (χ4n) is 3.83. The summed E-state index contributed by atoms with van der Waals surface area (Å²) in [5.74, 6) is 1.33. The zero-order valence-electron chi connectivity index (χ0n) is 21.7. The molecule has 0 radical (unpaired) electrons. The summed E-state index contributed by atoms with van der Waals surface area (Å²) >= 11 is 0. The normalized spacial score (nSPS) is 11.7. The van der Waals surface area contributed by atoms with E-state index in [1.807, 2.05) is 42.2 Å². The largest absolute Gasteiger partial charge is 0.489 e. The van der Waals surface area contributed by atoms with Crippen molar-refractivity contribution in [2.24, 2.45) is 11.7 Å². The van der Waals surface area contributed by atoms with Crippen LogP contribution in [0.2, 0.25) is 0 Å². The molecule has 1 unspecified atom stereocenters. The summed E-state index contributed by atoms with van der Waals surface area (Å²) in [7, 11) is 0. The quantitative estimate of drug-likeness (QED) is 0.366. The zero-order chi connectivity index (χ0) is 24.9. The number of rotatable bonds is 14. The number of benzene rings is 2. The molecule has 186 valence electrons. The first-order valence-corrected chi connectivity index (χ1v) is 12.5. The van der Waals surface area contributed by atoms with Crippen LogP contribution >= 0.6 is 0 Å². The van der Waals surface area contributed by atoms with E-state index in [4.69, 9.17) is 10.5 Å². The maximum atomic E-state index is 12.7. The Hall–Kier alpha value is -2.79. The molecule has 1 amide bonds. The van der Waals surface area contributed by atoms with Gasteiger partial charge in [0.15, 0.2) is 0 Å². The molecular weight excluding hydrogens is 422 g/mol. The van der Waals surface area contributed by atoms with E-state index in [1.54, 1.807) is 0 Å². The highest BCUT2D eigenvalue weighted by Gasteiger charge is 2.20. The topological polar surface area (TPSA) is 58.8 Å². The van der Waals surface area contributed by atoms with Crippen molar-refractivity contribution in [2.45, 2.75) is 60.1 Å². The van der Waals surface area contributed by atoms with Gasteiger partial charge in [0.1, 0.15) is 12.4 Å². The third kappa shape index (κ3) is 9.60. The number of anilines is 1. The van der Waals surface area contributed by atoms with Gasteiger partial charge in [0, 0.05) is 31.9 Å². The molecule has 1 atom stereocenters. The zero-order valence-corrected chi connectivity index (χ0v) is 21.7. The maximum absolute atomic E-state index is 12.7. The number of allylic oxidation sites excluding steroid dienone is 1. The van der Waals surface area contributed by atoms with Crippen molar-refractivity contribution < 1.29 is 9.53 Å². The lowest BCUT2D eigenvalue weighted by Gasteiger charge is -2.28. The van der Waals surface area contributed by atoms with Gasteiger partial charge in [-0.3, -0.25) is 4.79 Å². The number of likely N-dealkylation sites (N-methyl/N-ethyl adjacent to an activating group) is 1. The molecule has 0 aliphatic heterocycles. The van der Waals surface area contributed by atoms with Crippen molar-refractivity contribution in [3.8, 4) is 5.75 Å². The first-order chi connectivity index (χ1) is 16.3. The van der Waals surface area contributed by atoms with Crippen LogP contribution in [0.4, 0.5) is 5.69 Å². The van der Waals surface area contributed by atoms with E-state index in [2.05, 4.69) is 62.9 Å². The molecule has 0 spiro atoms. The van der Waals surface area contributed by atoms with E-state index in [-0.39, 0.29) is 5.91 Å². The van der Waals surface area contributed by atoms with Gasteiger partial charge in [-0.05, 0) is 69.4 Å². The first-order valence-electron chi connectivity index (χ1n) is 12.5. The molecule has 2 aromatic carbocycles. The Morgan fingerprint density at radius 1 is 1.03 bits per heavy atom. The second-order valence-electron chi connectivity index (χ2n) is 9.50. The summed E-state index contributed by atoms with van der Waals surface area (Å²) in [5, 5.41) is 0. The van der Waals surface area contributed by atoms with Gasteiger partial charge in [-0.25, -0.2) is 0 Å². The lowest BCUT2D eigenvalue weighted by molar-refractivity contribution is -0.132. The number of carbonyl (C=O) groups excluding carboxylic acids is 1. The second-order valence-corrected chi connectivity index (χ2v) is 9.50. The van der Waals surface area contributed by atoms with E-state index in [1.165, 1.54) is 5.57 Å². The van der Waals surface area contributed by atoms with Crippen molar-refractivity contribution in [3.63, 3.8) is 0 Å². The Bertz CT molecular complexity index is 874. The van der Waals surface area contributed by atoms with E-state index < -0.39 is 6.04 Å². The minimum absolute atomic E-state index is 0.0620. The number of carbonyl (C=O) groups is 1. The number of nitrogens with two attached hydrogens (primary N) is 1. The molecular formula is C29H43N3O2. The molecule has 5 nitrogen and oxygen atoms in total. The Kier molecular flexibility index (Phi) is 11.7. The highest BCUT2D eigenvalue weighted by molar-refractivity contribution is 5.81. The minimum Gasteiger partial charge on any atom is -0.489 e. The van der Waals surface area contributed by atoms with E-state index in [0.717, 1.165) is 42.9 Å². The van der Waals surface area contributed by atoms with Crippen LogP contribution in [0.1, 0.15) is 53.0 Å². The number of amides is 1. The van der Waals surface area contributed by atoms with Crippen molar-refractivity contribution >= 4 is 11.6 Å². The number of ether oxygens (including phenoxy) is 1. The molecule has 2 aromatic rings. The summed E-state index contributed by atoms with van der Waals surface area (Å²) in [6.45, 7) is 14.1. The van der Waals surface area contributed by atoms with Crippen LogP contribution in [0, 0.1) is 5.92 Å². The van der Waals surface area contributed by atoms with Crippen LogP contribution in [0.25, 0.3) is 0 Å². The summed E-state index contributed by atoms with van der Waals surface area (Å²) in [6.07, 6.45) is 3.85. The van der Waals surface area contributed by atoms with Gasteiger partial charge in [0.25, 0.3) is 0 Å². The summed E-state index contributed by atoms with van der Waals surface area (Å²) in [6, 6.07) is 18.1. The van der Waals surface area contributed by atoms with Gasteiger partial charge < -0.3 is 20.3 Å². The Balaban J connectivity index is 1.97. The predicted octanol–water partition coefficient (Wildman–Crippen LogP) is 5.65. The van der Waals surface area contributed by atoms with E-state index in [9.17, 15) is 4.79 Å². The van der Waals surface area contributed by atoms with Gasteiger partial charge in [-0.2, -0.15) is 0 Å². The maximum Gasteiger partial charge on any atom is 0.239 e. The van der Waals surface area contributed by atoms with Gasteiger partial charge in [-0.1, -0.05) is 55.8 Å². The van der Waals surface area contributed by atoms with Crippen molar-refractivity contribution in [1.82, 2.24) is 4.90 Å². The van der Waals surface area contributed by atoms with Crippen LogP contribution in [0.3, 0.4) is 0 Å². The van der Waals surface area contributed by atoms with Gasteiger partial charge in [0.2, 0.25) is 5.91 Å². The number of nitrogens with zero attached hydrogens (tertiary/aromatic N) is 2. The molecule has 0 aliphatic carbocycles. The Labute approximate surface area is 206 Å². The third-order valence-corrected chi connectivity index (χ3v) is 5.76. The van der Waals surface area contributed by atoms with Gasteiger partial charge in [0.05, 0.1) is 6.04 Å². The smallest absolute Gasteiger partial charge is 0.239 e. The average molecular weight is 466 g/mol. The molecule has 0 bridgehead atoms. The molecule has 0 saturated carbocycles. The highest BCUT2D eigenvalue weighted by atomic mass is 16.5. The van der Waals surface area contributed by atoms with Crippen LogP contribution in [0.5, 0.6) is 5.75 Å². The molecule has 0 saturated heterocycles. The lowest BCUT2D eigenvalue weighted by Crippen LogP contribution is -2.45. The number of hydrogen-bond donors (Lipinski definition) is 1. The minimum atomic E-state index is -0.412. The second kappa shape index (κ2) is 14.5. The average Bonchev–Trinajstić information content (AvgIpc) is 2.82. The monoisotopic (exact) mass is 465 g/mol. The lowest BCUT2D eigenvalue weighted by atomic mass is 10.0. The fraction of sp³-hybridized carbons (Fsp3) is 0.483. The van der Waals surface area contributed by atoms with E-state index in [0.29, 0.717) is 25.6 Å². The molecule has 2 N–H and O–H groups in total. The molecule has 0 heterocycles. The molecule has 0 aromatic heterocycles. The third-order valence-electron chi connectivity index (χ3n) is 5.76. The van der Waals surface area contributed by atoms with Crippen LogP contribution < -0.4 is 15.4 Å². The van der Waals surface area contributed by atoms with Crippen molar-refractivity contribution in [2.75, 3.05) is 31.1 Å². The Morgan fingerprint density at radius 2 is 1.71 bits per heavy atom. The molecule has 2 rings (SSSR count). The SMILES string of the molecule is CCN(CCCN(CC=C(C)C)c1ccc(OCc2ccccc2)cc1)C(=O)C(N)CC(C)C. The first kappa shape index (κ1) is 27.5. The highest BCUT2D eigenvalue weighted by Crippen LogP contribution is 2.21. The van der Waals surface area contributed by atoms with Crippen LogP contribution in [-0.4, -0.2) is 43.0 Å². The van der Waals surface area contributed by atoms with Crippen molar-refractivity contribution in [1.29, 1.82) is 0 Å². The van der Waals surface area contributed by atoms with Gasteiger partial charge >= 0.3 is 0 Å².